The Labute approximate surface area is 120 Å². The average molecular weight is 300 g/mol. The molecule has 1 aliphatic heterocycles. The third-order valence-corrected chi connectivity index (χ3v) is 3.08. The van der Waals surface area contributed by atoms with Crippen molar-refractivity contribution in [1.29, 1.82) is 0 Å². The lowest BCUT2D eigenvalue weighted by molar-refractivity contribution is -0.384. The van der Waals surface area contributed by atoms with Gasteiger partial charge in [-0.1, -0.05) is 0 Å². The Morgan fingerprint density at radius 2 is 2.35 bits per heavy atom. The number of fused-ring (bicyclic) bond motifs is 1. The van der Waals surface area contributed by atoms with Crippen molar-refractivity contribution in [3.05, 3.63) is 28.3 Å². The summed E-state index contributed by atoms with van der Waals surface area (Å²) in [6.07, 6.45) is 2.21. The van der Waals surface area contributed by atoms with Gasteiger partial charge in [0, 0.05) is 18.7 Å². The highest BCUT2D eigenvalue weighted by Gasteiger charge is 2.18. The van der Waals surface area contributed by atoms with Crippen molar-refractivity contribution in [2.24, 2.45) is 0 Å². The second kappa shape index (κ2) is 6.06. The first-order chi connectivity index (χ1) is 9.22. The first-order valence-corrected chi connectivity index (χ1v) is 6.15. The lowest BCUT2D eigenvalue weighted by atomic mass is 10.1. The van der Waals surface area contributed by atoms with E-state index in [9.17, 15) is 10.1 Å². The van der Waals surface area contributed by atoms with Crippen LogP contribution in [0.15, 0.2) is 22.6 Å². The number of nitro benzene ring substituents is 1. The Hall–Kier alpha value is -1.86. The molecular formula is C12H14ClN3O4. The summed E-state index contributed by atoms with van der Waals surface area (Å²) in [6, 6.07) is 4.30. The number of oxazole rings is 1. The molecule has 1 fully saturated rings. The minimum atomic E-state index is -0.459. The molecule has 0 unspecified atom stereocenters. The summed E-state index contributed by atoms with van der Waals surface area (Å²) >= 11 is 0. The molecule has 1 aromatic heterocycles. The highest BCUT2D eigenvalue weighted by atomic mass is 35.5. The van der Waals surface area contributed by atoms with Gasteiger partial charge in [0.2, 0.25) is 0 Å². The van der Waals surface area contributed by atoms with Crippen LogP contribution in [0.2, 0.25) is 0 Å². The normalized spacial score (nSPS) is 18.5. The fraction of sp³-hybridized carbons (Fsp3) is 0.417. The van der Waals surface area contributed by atoms with Crippen LogP contribution in [0, 0.1) is 10.1 Å². The predicted octanol–water partition coefficient (Wildman–Crippen LogP) is 2.29. The monoisotopic (exact) mass is 299 g/mol. The van der Waals surface area contributed by atoms with Crippen LogP contribution >= 0.6 is 12.4 Å². The maximum Gasteiger partial charge on any atom is 0.394 e. The van der Waals surface area contributed by atoms with Crippen LogP contribution < -0.4 is 10.1 Å². The van der Waals surface area contributed by atoms with Crippen molar-refractivity contribution >= 4 is 29.2 Å². The standard InChI is InChI=1S/C12H13N3O4.ClH/c16-15(17)8-3-4-11-10(6-8)14-12(19-11)18-9-2-1-5-13-7-9;/h3-4,6,9,13H,1-2,5,7H2;1H/t9-;/m0./s1. The third-order valence-electron chi connectivity index (χ3n) is 3.08. The number of hydrogen-bond donors (Lipinski definition) is 1. The van der Waals surface area contributed by atoms with Crippen LogP contribution in [0.25, 0.3) is 11.1 Å². The van der Waals surface area contributed by atoms with Crippen LogP contribution in [-0.2, 0) is 0 Å². The lowest BCUT2D eigenvalue weighted by Gasteiger charge is -2.21. The molecular weight excluding hydrogens is 286 g/mol. The van der Waals surface area contributed by atoms with Crippen molar-refractivity contribution in [3.8, 4) is 6.08 Å². The molecule has 8 heteroatoms. The molecule has 7 nitrogen and oxygen atoms in total. The summed E-state index contributed by atoms with van der Waals surface area (Å²) in [6.45, 7) is 1.76. The van der Waals surface area contributed by atoms with Crippen LogP contribution in [0.5, 0.6) is 6.08 Å². The van der Waals surface area contributed by atoms with E-state index in [4.69, 9.17) is 9.15 Å². The largest absolute Gasteiger partial charge is 0.445 e. The smallest absolute Gasteiger partial charge is 0.394 e. The molecule has 2 aromatic rings. The van der Waals surface area contributed by atoms with E-state index in [2.05, 4.69) is 10.3 Å². The van der Waals surface area contributed by atoms with E-state index >= 15 is 0 Å². The minimum absolute atomic E-state index is 0. The quantitative estimate of drug-likeness (QED) is 0.690. The number of nitrogens with zero attached hydrogens (tertiary/aromatic N) is 2. The van der Waals surface area contributed by atoms with E-state index < -0.39 is 4.92 Å². The maximum absolute atomic E-state index is 10.7. The number of nitrogens with one attached hydrogen (secondary N) is 1. The highest BCUT2D eigenvalue weighted by Crippen LogP contribution is 2.25. The van der Waals surface area contributed by atoms with Gasteiger partial charge in [-0.05, 0) is 25.5 Å². The SMILES string of the molecule is Cl.O=[N+]([O-])c1ccc2oc(O[C@H]3CCCNC3)nc2c1. The maximum atomic E-state index is 10.7. The van der Waals surface area contributed by atoms with E-state index in [1.807, 2.05) is 0 Å². The number of piperidine rings is 1. The van der Waals surface area contributed by atoms with Gasteiger partial charge in [-0.3, -0.25) is 10.1 Å². The van der Waals surface area contributed by atoms with Crippen LogP contribution in [-0.4, -0.2) is 29.1 Å². The van der Waals surface area contributed by atoms with E-state index in [-0.39, 0.29) is 30.3 Å². The van der Waals surface area contributed by atoms with Gasteiger partial charge in [-0.25, -0.2) is 0 Å². The molecule has 0 aliphatic carbocycles. The number of nitro groups is 1. The Bertz CT molecular complexity index is 610. The first kappa shape index (κ1) is 14.5. The zero-order valence-electron chi connectivity index (χ0n) is 10.6. The molecule has 108 valence electrons. The molecule has 1 atom stereocenters. The molecule has 0 amide bonds. The van der Waals surface area contributed by atoms with Gasteiger partial charge in [0.05, 0.1) is 4.92 Å². The van der Waals surface area contributed by atoms with Crippen molar-refractivity contribution in [1.82, 2.24) is 10.3 Å². The van der Waals surface area contributed by atoms with Crippen molar-refractivity contribution in [2.75, 3.05) is 13.1 Å². The Balaban J connectivity index is 0.00000147. The van der Waals surface area contributed by atoms with Gasteiger partial charge < -0.3 is 14.5 Å². The molecule has 0 spiro atoms. The minimum Gasteiger partial charge on any atom is -0.445 e. The summed E-state index contributed by atoms with van der Waals surface area (Å²) in [5.74, 6) is 0. The average Bonchev–Trinajstić information content (AvgIpc) is 2.80. The van der Waals surface area contributed by atoms with Gasteiger partial charge in [0.1, 0.15) is 11.6 Å². The van der Waals surface area contributed by atoms with Crippen molar-refractivity contribution < 1.29 is 14.1 Å². The van der Waals surface area contributed by atoms with Gasteiger partial charge >= 0.3 is 6.08 Å². The van der Waals surface area contributed by atoms with Gasteiger partial charge in [-0.15, -0.1) is 12.4 Å². The molecule has 3 rings (SSSR count). The van der Waals surface area contributed by atoms with Gasteiger partial charge in [0.25, 0.3) is 5.69 Å². The Morgan fingerprint density at radius 1 is 1.50 bits per heavy atom. The molecule has 1 saturated heterocycles. The molecule has 0 bridgehead atoms. The Kier molecular flexibility index (Phi) is 4.41. The fourth-order valence-corrected chi connectivity index (χ4v) is 2.12. The molecule has 0 saturated carbocycles. The van der Waals surface area contributed by atoms with Gasteiger partial charge in [0.15, 0.2) is 5.58 Å². The highest BCUT2D eigenvalue weighted by molar-refractivity contribution is 5.85. The first-order valence-electron chi connectivity index (χ1n) is 6.15. The van der Waals surface area contributed by atoms with Crippen LogP contribution in [0.1, 0.15) is 12.8 Å². The number of non-ortho nitro benzene ring substituents is 1. The summed E-state index contributed by atoms with van der Waals surface area (Å²) < 4.78 is 11.1. The molecule has 1 aliphatic rings. The molecule has 1 N–H and O–H groups in total. The summed E-state index contributed by atoms with van der Waals surface area (Å²) in [4.78, 5) is 14.3. The molecule has 1 aromatic carbocycles. The molecule has 0 radical (unpaired) electrons. The second-order valence-electron chi connectivity index (χ2n) is 4.48. The van der Waals surface area contributed by atoms with E-state index in [0.717, 1.165) is 25.9 Å². The topological polar surface area (TPSA) is 90.4 Å². The number of aromatic nitrogens is 1. The van der Waals surface area contributed by atoms with Crippen LogP contribution in [0.4, 0.5) is 5.69 Å². The molecule has 2 heterocycles. The zero-order chi connectivity index (χ0) is 13.2. The summed E-state index contributed by atoms with van der Waals surface area (Å²) in [5, 5.41) is 13.9. The number of halogens is 1. The number of rotatable bonds is 3. The Morgan fingerprint density at radius 3 is 3.05 bits per heavy atom. The fourth-order valence-electron chi connectivity index (χ4n) is 2.12. The van der Waals surface area contributed by atoms with Gasteiger partial charge in [-0.2, -0.15) is 4.98 Å². The van der Waals surface area contributed by atoms with E-state index in [1.54, 1.807) is 0 Å². The van der Waals surface area contributed by atoms with Crippen LogP contribution in [0.3, 0.4) is 0 Å². The third kappa shape index (κ3) is 3.00. The lowest BCUT2D eigenvalue weighted by Crippen LogP contribution is -2.37. The predicted molar refractivity (Wildman–Crippen MR) is 74.4 cm³/mol. The summed E-state index contributed by atoms with van der Waals surface area (Å²) in [7, 11) is 0. The van der Waals surface area contributed by atoms with Crippen molar-refractivity contribution in [2.45, 2.75) is 18.9 Å². The van der Waals surface area contributed by atoms with E-state index in [0.29, 0.717) is 11.1 Å². The summed E-state index contributed by atoms with van der Waals surface area (Å²) in [5.41, 5.74) is 0.920. The second-order valence-corrected chi connectivity index (χ2v) is 4.48. The molecule has 20 heavy (non-hydrogen) atoms. The number of benzene rings is 1. The van der Waals surface area contributed by atoms with E-state index in [1.165, 1.54) is 18.2 Å². The number of hydrogen-bond acceptors (Lipinski definition) is 6. The van der Waals surface area contributed by atoms with Crippen molar-refractivity contribution in [3.63, 3.8) is 0 Å². The zero-order valence-corrected chi connectivity index (χ0v) is 11.4. The number of ether oxygens (including phenoxy) is 1.